The van der Waals surface area contributed by atoms with Crippen LogP contribution in [0.2, 0.25) is 0 Å². The second kappa shape index (κ2) is 15.4. The van der Waals surface area contributed by atoms with Gasteiger partial charge in [0.2, 0.25) is 10.0 Å². The van der Waals surface area contributed by atoms with Crippen LogP contribution >= 0.6 is 0 Å². The van der Waals surface area contributed by atoms with E-state index in [0.717, 1.165) is 6.42 Å². The highest BCUT2D eigenvalue weighted by Gasteiger charge is 2.34. The Morgan fingerprint density at radius 3 is 2.52 bits per heavy atom. The Kier molecular flexibility index (Phi) is 11.9. The number of aromatic nitrogens is 3. The number of benzene rings is 1. The highest BCUT2D eigenvalue weighted by molar-refractivity contribution is 7.92. The smallest absolute Gasteiger partial charge is 0.280 e. The molecule has 0 bridgehead atoms. The second-order valence-corrected chi connectivity index (χ2v) is 16.0. The molecule has 0 saturated heterocycles. The Morgan fingerprint density at radius 1 is 1.17 bits per heavy atom. The summed E-state index contributed by atoms with van der Waals surface area (Å²) in [5.41, 5.74) is 0.481. The summed E-state index contributed by atoms with van der Waals surface area (Å²) in [5, 5.41) is 13.8. The second-order valence-electron chi connectivity index (χ2n) is 12.4. The summed E-state index contributed by atoms with van der Waals surface area (Å²) >= 11 is 0. The van der Waals surface area contributed by atoms with Crippen LogP contribution in [0.1, 0.15) is 61.8 Å². The lowest BCUT2D eigenvalue weighted by atomic mass is 10.0. The average molecular weight is 711 g/mol. The topological polar surface area (TPSA) is 186 Å². The third kappa shape index (κ3) is 8.55. The maximum Gasteiger partial charge on any atom is 0.280 e. The summed E-state index contributed by atoms with van der Waals surface area (Å²) in [4.78, 5) is 19.7. The van der Waals surface area contributed by atoms with E-state index in [1.807, 2.05) is 13.8 Å². The lowest BCUT2D eigenvalue weighted by molar-refractivity contribution is -0.00835. The van der Waals surface area contributed by atoms with Crippen molar-refractivity contribution in [3.63, 3.8) is 0 Å². The molecule has 15 nitrogen and oxygen atoms in total. The molecule has 1 aromatic carbocycles. The van der Waals surface area contributed by atoms with Crippen molar-refractivity contribution in [2.45, 2.75) is 82.1 Å². The Bertz CT molecular complexity index is 1770. The maximum atomic E-state index is 14.3. The van der Waals surface area contributed by atoms with E-state index >= 15 is 0 Å². The number of nitrogens with one attached hydrogen (secondary N) is 1. The van der Waals surface area contributed by atoms with Crippen LogP contribution in [-0.2, 0) is 31.8 Å². The van der Waals surface area contributed by atoms with Gasteiger partial charge in [0.25, 0.3) is 15.9 Å². The predicted molar refractivity (Wildman–Crippen MR) is 177 cm³/mol. The van der Waals surface area contributed by atoms with E-state index in [-0.39, 0.29) is 64.2 Å². The van der Waals surface area contributed by atoms with Gasteiger partial charge in [-0.05, 0) is 65.2 Å². The standard InChI is InChI=1S/C31H46N6O9S2/c1-20-15-37(21(2)18-38)31(39)26-14-25(34-47(40,41)29-17-35(6)19-32-29)11-12-27(26)45-22(3)10-8-9-13-44-28(20)16-36(7)48(42,43)30-23(4)33-46-24(30)5/h11-12,14,17,19-22,28,34,38H,8-10,13,15-16,18H2,1-7H3/t20-,21-,22+,28+/m0/s1. The third-order valence-corrected chi connectivity index (χ3v) is 11.7. The van der Waals surface area contributed by atoms with Crippen molar-refractivity contribution in [2.75, 3.05) is 38.1 Å². The number of ether oxygens (including phenoxy) is 2. The summed E-state index contributed by atoms with van der Waals surface area (Å²) in [6.07, 6.45) is 3.89. The first kappa shape index (κ1) is 37.3. The van der Waals surface area contributed by atoms with Crippen molar-refractivity contribution in [3.05, 3.63) is 47.7 Å². The molecule has 0 radical (unpaired) electrons. The fourth-order valence-electron chi connectivity index (χ4n) is 5.53. The average Bonchev–Trinajstić information content (AvgIpc) is 3.63. The SMILES string of the molecule is Cc1noc(C)c1S(=O)(=O)N(C)C[C@H]1OCCCC[C@@H](C)Oc2ccc(NS(=O)(=O)c3cn(C)cn3)cc2C(=O)N([C@@H](C)CO)C[C@@H]1C. The first-order valence-corrected chi connectivity index (χ1v) is 18.7. The molecule has 0 spiro atoms. The van der Waals surface area contributed by atoms with E-state index in [9.17, 15) is 26.7 Å². The molecular weight excluding hydrogens is 665 g/mol. The number of aliphatic hydroxyl groups is 1. The minimum atomic E-state index is -4.06. The van der Waals surface area contributed by atoms with E-state index in [2.05, 4.69) is 14.9 Å². The quantitative estimate of drug-likeness (QED) is 0.333. The van der Waals surface area contributed by atoms with E-state index in [4.69, 9.17) is 14.0 Å². The molecule has 2 aromatic heterocycles. The van der Waals surface area contributed by atoms with Crippen LogP contribution in [0.4, 0.5) is 5.69 Å². The number of hydrogen-bond donors (Lipinski definition) is 2. The van der Waals surface area contributed by atoms with Crippen LogP contribution in [0.5, 0.6) is 5.75 Å². The monoisotopic (exact) mass is 710 g/mol. The summed E-state index contributed by atoms with van der Waals surface area (Å²) in [5.74, 6) is -0.449. The number of anilines is 1. The molecule has 0 aliphatic carbocycles. The molecule has 17 heteroatoms. The fraction of sp³-hybridized carbons (Fsp3) is 0.581. The summed E-state index contributed by atoms with van der Waals surface area (Å²) in [6.45, 7) is 8.61. The van der Waals surface area contributed by atoms with E-state index < -0.39 is 44.0 Å². The Labute approximate surface area is 282 Å². The van der Waals surface area contributed by atoms with Crippen molar-refractivity contribution >= 4 is 31.6 Å². The van der Waals surface area contributed by atoms with Crippen molar-refractivity contribution in [1.82, 2.24) is 23.9 Å². The third-order valence-electron chi connectivity index (χ3n) is 8.33. The molecule has 48 heavy (non-hydrogen) atoms. The Balaban J connectivity index is 1.68. The first-order valence-electron chi connectivity index (χ1n) is 15.8. The fourth-order valence-corrected chi connectivity index (χ4v) is 8.03. The van der Waals surface area contributed by atoms with Gasteiger partial charge < -0.3 is 28.6 Å². The van der Waals surface area contributed by atoms with Crippen molar-refractivity contribution in [3.8, 4) is 5.75 Å². The molecule has 3 heterocycles. The largest absolute Gasteiger partial charge is 0.490 e. The van der Waals surface area contributed by atoms with Gasteiger partial charge in [-0.25, -0.2) is 13.4 Å². The molecule has 2 N–H and O–H groups in total. The predicted octanol–water partition coefficient (Wildman–Crippen LogP) is 2.94. The lowest BCUT2D eigenvalue weighted by Gasteiger charge is -2.35. The summed E-state index contributed by atoms with van der Waals surface area (Å²) in [7, 11) is -4.92. The number of amides is 1. The number of nitrogens with zero attached hydrogens (tertiary/aromatic N) is 5. The molecule has 0 fully saturated rings. The van der Waals surface area contributed by atoms with Crippen molar-refractivity contribution in [2.24, 2.45) is 13.0 Å². The van der Waals surface area contributed by atoms with Crippen LogP contribution in [0.3, 0.4) is 0 Å². The zero-order chi connectivity index (χ0) is 35.4. The van der Waals surface area contributed by atoms with Gasteiger partial charge in [-0.3, -0.25) is 9.52 Å². The molecular formula is C31H46N6O9S2. The summed E-state index contributed by atoms with van der Waals surface area (Å²) < 4.78 is 76.0. The Hall–Kier alpha value is -3.51. The lowest BCUT2D eigenvalue weighted by Crippen LogP contribution is -2.48. The van der Waals surface area contributed by atoms with Crippen LogP contribution < -0.4 is 9.46 Å². The van der Waals surface area contributed by atoms with Crippen LogP contribution in [0.25, 0.3) is 0 Å². The zero-order valence-corrected chi connectivity index (χ0v) is 30.0. The molecule has 1 aliphatic rings. The van der Waals surface area contributed by atoms with E-state index in [1.165, 1.54) is 45.5 Å². The molecule has 4 atom stereocenters. The first-order chi connectivity index (χ1) is 22.5. The highest BCUT2D eigenvalue weighted by atomic mass is 32.2. The minimum absolute atomic E-state index is 0.00400. The molecule has 3 aromatic rings. The summed E-state index contributed by atoms with van der Waals surface area (Å²) in [6, 6.07) is 3.83. The molecule has 1 aliphatic heterocycles. The molecule has 0 saturated carbocycles. The van der Waals surface area contributed by atoms with Crippen molar-refractivity contribution < 1.29 is 40.7 Å². The van der Waals surface area contributed by atoms with Gasteiger partial charge in [-0.1, -0.05) is 12.1 Å². The van der Waals surface area contributed by atoms with Crippen molar-refractivity contribution in [1.29, 1.82) is 0 Å². The number of imidazole rings is 1. The van der Waals surface area contributed by atoms with Crippen LogP contribution in [-0.4, -0.2) is 103 Å². The van der Waals surface area contributed by atoms with Gasteiger partial charge in [0.1, 0.15) is 16.3 Å². The number of carbonyl (C=O) groups is 1. The molecule has 266 valence electrons. The van der Waals surface area contributed by atoms with Crippen LogP contribution in [0, 0.1) is 19.8 Å². The normalized spacial score (nSPS) is 21.0. The minimum Gasteiger partial charge on any atom is -0.490 e. The van der Waals surface area contributed by atoms with Gasteiger partial charge >= 0.3 is 0 Å². The number of hydrogen-bond acceptors (Lipinski definition) is 11. The number of likely N-dealkylation sites (N-methyl/N-ethyl adjacent to an activating group) is 1. The zero-order valence-electron chi connectivity index (χ0n) is 28.4. The van der Waals surface area contributed by atoms with Gasteiger partial charge in [-0.2, -0.15) is 12.7 Å². The Morgan fingerprint density at radius 2 is 1.90 bits per heavy atom. The van der Waals surface area contributed by atoms with Gasteiger partial charge in [0.15, 0.2) is 10.8 Å². The number of sulfonamides is 2. The highest BCUT2D eigenvalue weighted by Crippen LogP contribution is 2.30. The number of rotatable bonds is 9. The number of aliphatic hydroxyl groups excluding tert-OH is 1. The maximum absolute atomic E-state index is 14.3. The van der Waals surface area contributed by atoms with Gasteiger partial charge in [-0.15, -0.1) is 0 Å². The van der Waals surface area contributed by atoms with Gasteiger partial charge in [0, 0.05) is 51.6 Å². The molecule has 4 rings (SSSR count). The van der Waals surface area contributed by atoms with E-state index in [0.29, 0.717) is 19.4 Å². The number of fused-ring (bicyclic) bond motifs is 1. The van der Waals surface area contributed by atoms with Gasteiger partial charge in [0.05, 0.1) is 36.7 Å². The number of aryl methyl sites for hydroxylation is 3. The van der Waals surface area contributed by atoms with Crippen LogP contribution in [0.15, 0.2) is 45.2 Å². The molecule has 1 amide bonds. The molecule has 0 unspecified atom stereocenters. The van der Waals surface area contributed by atoms with E-state index in [1.54, 1.807) is 33.9 Å². The number of carbonyl (C=O) groups excluding carboxylic acids is 1.